The normalized spacial score (nSPS) is 12.8. The van der Waals surface area contributed by atoms with Crippen molar-refractivity contribution in [3.8, 4) is 0 Å². The predicted octanol–water partition coefficient (Wildman–Crippen LogP) is 4.26. The van der Waals surface area contributed by atoms with E-state index in [4.69, 9.17) is 5.84 Å². The van der Waals surface area contributed by atoms with Gasteiger partial charge in [0.05, 0.1) is 0 Å². The zero-order chi connectivity index (χ0) is 13.1. The van der Waals surface area contributed by atoms with E-state index in [0.29, 0.717) is 6.04 Å². The first-order chi connectivity index (χ1) is 8.86. The molecule has 0 radical (unpaired) electrons. The van der Waals surface area contributed by atoms with E-state index in [9.17, 15) is 0 Å². The van der Waals surface area contributed by atoms with Gasteiger partial charge < -0.3 is 0 Å². The van der Waals surface area contributed by atoms with E-state index in [-0.39, 0.29) is 0 Å². The molecule has 1 heterocycles. The average molecular weight is 268 g/mol. The van der Waals surface area contributed by atoms with Crippen LogP contribution in [0.3, 0.4) is 0 Å². The highest BCUT2D eigenvalue weighted by Crippen LogP contribution is 2.15. The maximum atomic E-state index is 5.63. The molecule has 18 heavy (non-hydrogen) atoms. The lowest BCUT2D eigenvalue weighted by molar-refractivity contribution is 0.430. The van der Waals surface area contributed by atoms with Crippen LogP contribution < -0.4 is 11.3 Å². The van der Waals surface area contributed by atoms with Crippen molar-refractivity contribution in [1.29, 1.82) is 0 Å². The zero-order valence-corrected chi connectivity index (χ0v) is 12.5. The molecule has 0 amide bonds. The SMILES string of the molecule is CCCCCCCC(CCCc1cccs1)NN. The first kappa shape index (κ1) is 15.7. The number of hydrogen-bond donors (Lipinski definition) is 2. The van der Waals surface area contributed by atoms with Crippen molar-refractivity contribution in [2.75, 3.05) is 0 Å². The second kappa shape index (κ2) is 10.5. The van der Waals surface area contributed by atoms with Crippen LogP contribution in [0.25, 0.3) is 0 Å². The highest BCUT2D eigenvalue weighted by Gasteiger charge is 2.06. The summed E-state index contributed by atoms with van der Waals surface area (Å²) < 4.78 is 0. The Bertz CT molecular complexity index is 272. The summed E-state index contributed by atoms with van der Waals surface area (Å²) in [5, 5.41) is 2.15. The number of aryl methyl sites for hydroxylation is 1. The third kappa shape index (κ3) is 7.14. The van der Waals surface area contributed by atoms with Crippen molar-refractivity contribution in [3.05, 3.63) is 22.4 Å². The second-order valence-electron chi connectivity index (χ2n) is 5.04. The van der Waals surface area contributed by atoms with Crippen LogP contribution in [-0.4, -0.2) is 6.04 Å². The van der Waals surface area contributed by atoms with Crippen LogP contribution in [0.15, 0.2) is 17.5 Å². The largest absolute Gasteiger partial charge is 0.271 e. The lowest BCUT2D eigenvalue weighted by Crippen LogP contribution is -2.35. The van der Waals surface area contributed by atoms with E-state index in [1.54, 1.807) is 0 Å². The van der Waals surface area contributed by atoms with Crippen LogP contribution in [0.5, 0.6) is 0 Å². The van der Waals surface area contributed by atoms with Gasteiger partial charge in [-0.3, -0.25) is 11.3 Å². The number of nitrogens with two attached hydrogens (primary N) is 1. The summed E-state index contributed by atoms with van der Waals surface area (Å²) in [4.78, 5) is 1.49. The lowest BCUT2D eigenvalue weighted by Gasteiger charge is -2.15. The number of hydrazine groups is 1. The van der Waals surface area contributed by atoms with Gasteiger partial charge in [0.1, 0.15) is 0 Å². The van der Waals surface area contributed by atoms with E-state index in [1.807, 2.05) is 11.3 Å². The van der Waals surface area contributed by atoms with Gasteiger partial charge in [0.2, 0.25) is 0 Å². The van der Waals surface area contributed by atoms with Gasteiger partial charge in [-0.1, -0.05) is 45.1 Å². The van der Waals surface area contributed by atoms with Crippen LogP contribution >= 0.6 is 11.3 Å². The van der Waals surface area contributed by atoms with Gasteiger partial charge in [0.15, 0.2) is 0 Å². The van der Waals surface area contributed by atoms with Gasteiger partial charge in [-0.2, -0.15) is 0 Å². The summed E-state index contributed by atoms with van der Waals surface area (Å²) in [6, 6.07) is 4.86. The molecule has 0 aromatic carbocycles. The standard InChI is InChI=1S/C15H28N2S/c1-2-3-4-5-6-9-14(17-16)10-7-11-15-12-8-13-18-15/h8,12-14,17H,2-7,9-11,16H2,1H3. The molecule has 0 aliphatic carbocycles. The molecule has 0 saturated carbocycles. The molecule has 1 rings (SSSR count). The average Bonchev–Trinajstić information content (AvgIpc) is 2.89. The molecule has 1 aromatic heterocycles. The Hall–Kier alpha value is -0.380. The van der Waals surface area contributed by atoms with E-state index >= 15 is 0 Å². The molecule has 2 nitrogen and oxygen atoms in total. The van der Waals surface area contributed by atoms with E-state index in [0.717, 1.165) is 0 Å². The molecule has 3 heteroatoms. The van der Waals surface area contributed by atoms with Crippen molar-refractivity contribution < 1.29 is 0 Å². The maximum absolute atomic E-state index is 5.63. The molecular formula is C15H28N2S. The minimum Gasteiger partial charge on any atom is -0.271 e. The van der Waals surface area contributed by atoms with Crippen LogP contribution in [-0.2, 0) is 6.42 Å². The van der Waals surface area contributed by atoms with Crippen molar-refractivity contribution in [2.24, 2.45) is 5.84 Å². The number of thiophene rings is 1. The van der Waals surface area contributed by atoms with Crippen molar-refractivity contribution in [1.82, 2.24) is 5.43 Å². The van der Waals surface area contributed by atoms with Gasteiger partial charge >= 0.3 is 0 Å². The first-order valence-electron chi connectivity index (χ1n) is 7.35. The molecule has 3 N–H and O–H groups in total. The molecule has 1 unspecified atom stereocenters. The van der Waals surface area contributed by atoms with Crippen LogP contribution in [0.2, 0.25) is 0 Å². The molecule has 0 fully saturated rings. The maximum Gasteiger partial charge on any atom is 0.0210 e. The molecule has 0 spiro atoms. The topological polar surface area (TPSA) is 38.0 Å². The van der Waals surface area contributed by atoms with Gasteiger partial charge in [-0.05, 0) is 37.1 Å². The highest BCUT2D eigenvalue weighted by molar-refractivity contribution is 7.09. The molecule has 0 saturated heterocycles. The summed E-state index contributed by atoms with van der Waals surface area (Å²) >= 11 is 1.86. The fourth-order valence-electron chi connectivity index (χ4n) is 2.28. The van der Waals surface area contributed by atoms with Gasteiger partial charge in [-0.15, -0.1) is 11.3 Å². The Labute approximate surface area is 116 Å². The Morgan fingerprint density at radius 3 is 2.61 bits per heavy atom. The van der Waals surface area contributed by atoms with E-state index in [1.165, 1.54) is 62.7 Å². The minimum absolute atomic E-state index is 0.506. The Balaban J connectivity index is 2.02. The monoisotopic (exact) mass is 268 g/mol. The van der Waals surface area contributed by atoms with Crippen LogP contribution in [0.4, 0.5) is 0 Å². The zero-order valence-electron chi connectivity index (χ0n) is 11.7. The lowest BCUT2D eigenvalue weighted by atomic mass is 10.0. The summed E-state index contributed by atoms with van der Waals surface area (Å²) in [5.74, 6) is 5.63. The number of rotatable bonds is 11. The van der Waals surface area contributed by atoms with Crippen molar-refractivity contribution in [3.63, 3.8) is 0 Å². The van der Waals surface area contributed by atoms with Crippen LogP contribution in [0, 0.1) is 0 Å². The fraction of sp³-hybridized carbons (Fsp3) is 0.733. The summed E-state index contributed by atoms with van der Waals surface area (Å²) in [5.41, 5.74) is 2.98. The third-order valence-electron chi connectivity index (χ3n) is 3.45. The molecule has 1 aromatic rings. The van der Waals surface area contributed by atoms with E-state index < -0.39 is 0 Å². The van der Waals surface area contributed by atoms with Gasteiger partial charge in [-0.25, -0.2) is 0 Å². The smallest absolute Gasteiger partial charge is 0.0210 e. The van der Waals surface area contributed by atoms with Crippen LogP contribution in [0.1, 0.15) is 63.2 Å². The third-order valence-corrected chi connectivity index (χ3v) is 4.38. The molecular weight excluding hydrogens is 240 g/mol. The first-order valence-corrected chi connectivity index (χ1v) is 8.23. The summed E-state index contributed by atoms with van der Waals surface area (Å²) in [6.45, 7) is 2.26. The molecule has 1 atom stereocenters. The Morgan fingerprint density at radius 2 is 1.94 bits per heavy atom. The quantitative estimate of drug-likeness (QED) is 0.357. The molecule has 0 aliphatic heterocycles. The summed E-state index contributed by atoms with van der Waals surface area (Å²) in [6.07, 6.45) is 11.6. The van der Waals surface area contributed by atoms with Gasteiger partial charge in [0.25, 0.3) is 0 Å². The van der Waals surface area contributed by atoms with Crippen molar-refractivity contribution in [2.45, 2.75) is 70.8 Å². The number of hydrogen-bond acceptors (Lipinski definition) is 3. The van der Waals surface area contributed by atoms with Gasteiger partial charge in [0, 0.05) is 10.9 Å². The predicted molar refractivity (Wildman–Crippen MR) is 81.7 cm³/mol. The second-order valence-corrected chi connectivity index (χ2v) is 6.07. The molecule has 0 bridgehead atoms. The summed E-state index contributed by atoms with van der Waals surface area (Å²) in [7, 11) is 0. The fourth-order valence-corrected chi connectivity index (χ4v) is 3.03. The Morgan fingerprint density at radius 1 is 1.17 bits per heavy atom. The Kier molecular flexibility index (Phi) is 9.17. The molecule has 0 aliphatic rings. The van der Waals surface area contributed by atoms with Crippen molar-refractivity contribution >= 4 is 11.3 Å². The number of nitrogens with one attached hydrogen (secondary N) is 1. The highest BCUT2D eigenvalue weighted by atomic mass is 32.1. The number of unbranched alkanes of at least 4 members (excludes halogenated alkanes) is 4. The van der Waals surface area contributed by atoms with E-state index in [2.05, 4.69) is 29.9 Å². The minimum atomic E-state index is 0.506. The molecule has 104 valence electrons.